The van der Waals surface area contributed by atoms with Gasteiger partial charge in [0.25, 0.3) is 5.56 Å². The number of hydrogen-bond donors (Lipinski definition) is 1. The second-order valence-corrected chi connectivity index (χ2v) is 10.4. The number of aryl methyl sites for hydroxylation is 1. The Morgan fingerprint density at radius 1 is 1.23 bits per heavy atom. The van der Waals surface area contributed by atoms with Gasteiger partial charge in [-0.25, -0.2) is 13.4 Å². The molecule has 1 atom stereocenters. The SMILES string of the molecule is Cc1ccccc1CC(=O)N1CCCCC1c1nc2c(c(=O)[nH]1)CN(S(C)(=O)=O)CC2. The summed E-state index contributed by atoms with van der Waals surface area (Å²) in [6.45, 7) is 2.98. The lowest BCUT2D eigenvalue weighted by atomic mass is 9.98. The molecule has 1 saturated heterocycles. The largest absolute Gasteiger partial charge is 0.332 e. The fraction of sp³-hybridized carbons (Fsp3) is 0.500. The maximum Gasteiger partial charge on any atom is 0.255 e. The standard InChI is InChI=1S/C22H28N4O4S/c1-15-7-3-4-8-16(15)13-20(27)26-11-6-5-9-19(26)21-23-18-10-12-25(31(2,29)30)14-17(18)22(28)24-21/h3-4,7-8,19H,5-6,9-14H2,1-2H3,(H,23,24,28). The molecule has 166 valence electrons. The molecule has 2 aliphatic heterocycles. The van der Waals surface area contributed by atoms with Crippen molar-refractivity contribution in [1.82, 2.24) is 19.2 Å². The summed E-state index contributed by atoms with van der Waals surface area (Å²) in [7, 11) is -3.37. The van der Waals surface area contributed by atoms with E-state index in [0.29, 0.717) is 43.0 Å². The van der Waals surface area contributed by atoms with Crippen LogP contribution < -0.4 is 5.56 Å². The number of H-pyrrole nitrogens is 1. The number of aromatic nitrogens is 2. The van der Waals surface area contributed by atoms with Gasteiger partial charge in [0.05, 0.1) is 30.0 Å². The first kappa shape index (κ1) is 21.7. The van der Waals surface area contributed by atoms with E-state index in [-0.39, 0.29) is 24.1 Å². The lowest BCUT2D eigenvalue weighted by Crippen LogP contribution is -2.43. The van der Waals surface area contributed by atoms with Crippen molar-refractivity contribution in [3.8, 4) is 0 Å². The van der Waals surface area contributed by atoms with E-state index < -0.39 is 10.0 Å². The van der Waals surface area contributed by atoms with Gasteiger partial charge in [0, 0.05) is 26.1 Å². The maximum atomic E-state index is 13.2. The normalized spacial score (nSPS) is 19.8. The molecule has 1 aromatic heterocycles. The average molecular weight is 445 g/mol. The van der Waals surface area contributed by atoms with Gasteiger partial charge in [-0.1, -0.05) is 24.3 Å². The summed E-state index contributed by atoms with van der Waals surface area (Å²) >= 11 is 0. The molecule has 2 aromatic rings. The molecule has 4 rings (SSSR count). The summed E-state index contributed by atoms with van der Waals surface area (Å²) in [4.78, 5) is 35.4. The number of sulfonamides is 1. The molecule has 1 unspecified atom stereocenters. The second kappa shape index (κ2) is 8.55. The molecule has 0 saturated carbocycles. The van der Waals surface area contributed by atoms with Crippen LogP contribution in [0.4, 0.5) is 0 Å². The molecule has 9 heteroatoms. The highest BCUT2D eigenvalue weighted by Crippen LogP contribution is 2.30. The van der Waals surface area contributed by atoms with E-state index in [1.165, 1.54) is 4.31 Å². The van der Waals surface area contributed by atoms with Gasteiger partial charge >= 0.3 is 0 Å². The molecule has 0 aliphatic carbocycles. The number of likely N-dealkylation sites (tertiary alicyclic amines) is 1. The Bertz CT molecular complexity index is 1160. The number of amides is 1. The minimum Gasteiger partial charge on any atom is -0.332 e. The van der Waals surface area contributed by atoms with Crippen molar-refractivity contribution >= 4 is 15.9 Å². The predicted octanol–water partition coefficient (Wildman–Crippen LogP) is 1.69. The molecule has 3 heterocycles. The van der Waals surface area contributed by atoms with Crippen LogP contribution in [0.25, 0.3) is 0 Å². The number of hydrogen-bond acceptors (Lipinski definition) is 5. The van der Waals surface area contributed by atoms with E-state index >= 15 is 0 Å². The fourth-order valence-electron chi connectivity index (χ4n) is 4.45. The summed E-state index contributed by atoms with van der Waals surface area (Å²) < 4.78 is 25.0. The molecule has 1 N–H and O–H groups in total. The zero-order valence-corrected chi connectivity index (χ0v) is 18.7. The molecule has 0 spiro atoms. The van der Waals surface area contributed by atoms with Crippen LogP contribution in [-0.2, 0) is 34.2 Å². The Labute approximate surface area is 182 Å². The van der Waals surface area contributed by atoms with Crippen molar-refractivity contribution < 1.29 is 13.2 Å². The van der Waals surface area contributed by atoms with Crippen molar-refractivity contribution in [2.75, 3.05) is 19.3 Å². The quantitative estimate of drug-likeness (QED) is 0.773. The Morgan fingerprint density at radius 3 is 2.74 bits per heavy atom. The van der Waals surface area contributed by atoms with Crippen molar-refractivity contribution in [3.63, 3.8) is 0 Å². The third-order valence-electron chi connectivity index (χ3n) is 6.26. The predicted molar refractivity (Wildman–Crippen MR) is 117 cm³/mol. The smallest absolute Gasteiger partial charge is 0.255 e. The fourth-order valence-corrected chi connectivity index (χ4v) is 5.23. The summed E-state index contributed by atoms with van der Waals surface area (Å²) in [5.41, 5.74) is 2.81. The summed E-state index contributed by atoms with van der Waals surface area (Å²) in [6.07, 6.45) is 4.49. The van der Waals surface area contributed by atoms with Gasteiger partial charge < -0.3 is 9.88 Å². The van der Waals surface area contributed by atoms with E-state index in [1.54, 1.807) is 0 Å². The zero-order chi connectivity index (χ0) is 22.2. The van der Waals surface area contributed by atoms with E-state index in [4.69, 9.17) is 4.98 Å². The molecule has 0 radical (unpaired) electrons. The van der Waals surface area contributed by atoms with Crippen LogP contribution in [0, 0.1) is 6.92 Å². The zero-order valence-electron chi connectivity index (χ0n) is 17.9. The number of carbonyl (C=O) groups is 1. The number of aromatic amines is 1. The molecule has 2 aliphatic rings. The second-order valence-electron chi connectivity index (χ2n) is 8.42. The highest BCUT2D eigenvalue weighted by atomic mass is 32.2. The number of fused-ring (bicyclic) bond motifs is 1. The van der Waals surface area contributed by atoms with Gasteiger partial charge in [-0.3, -0.25) is 9.59 Å². The third-order valence-corrected chi connectivity index (χ3v) is 7.51. The van der Waals surface area contributed by atoms with Crippen LogP contribution in [0.2, 0.25) is 0 Å². The van der Waals surface area contributed by atoms with Crippen molar-refractivity contribution in [1.29, 1.82) is 0 Å². The topological polar surface area (TPSA) is 103 Å². The van der Waals surface area contributed by atoms with Crippen LogP contribution in [0.5, 0.6) is 0 Å². The van der Waals surface area contributed by atoms with E-state index in [1.807, 2.05) is 36.1 Å². The number of rotatable bonds is 4. The van der Waals surface area contributed by atoms with Crippen LogP contribution in [0.1, 0.15) is 53.5 Å². The molecule has 1 amide bonds. The minimum absolute atomic E-state index is 0.0302. The van der Waals surface area contributed by atoms with E-state index in [0.717, 1.165) is 36.6 Å². The van der Waals surface area contributed by atoms with Crippen molar-refractivity contribution in [2.24, 2.45) is 0 Å². The van der Waals surface area contributed by atoms with Gasteiger partial charge in [0.1, 0.15) is 5.82 Å². The van der Waals surface area contributed by atoms with Crippen LogP contribution in [0.15, 0.2) is 29.1 Å². The van der Waals surface area contributed by atoms with Gasteiger partial charge in [-0.2, -0.15) is 4.31 Å². The number of piperidine rings is 1. The number of nitrogens with zero attached hydrogens (tertiary/aromatic N) is 3. The monoisotopic (exact) mass is 444 g/mol. The number of nitrogens with one attached hydrogen (secondary N) is 1. The van der Waals surface area contributed by atoms with E-state index in [2.05, 4.69) is 4.98 Å². The highest BCUT2D eigenvalue weighted by molar-refractivity contribution is 7.88. The summed E-state index contributed by atoms with van der Waals surface area (Å²) in [5.74, 6) is 0.539. The van der Waals surface area contributed by atoms with E-state index in [9.17, 15) is 18.0 Å². The molecular formula is C22H28N4O4S. The van der Waals surface area contributed by atoms with Crippen molar-refractivity contribution in [2.45, 2.75) is 51.6 Å². The third kappa shape index (κ3) is 4.57. The molecule has 1 aromatic carbocycles. The lowest BCUT2D eigenvalue weighted by Gasteiger charge is -2.36. The molecule has 31 heavy (non-hydrogen) atoms. The first-order valence-corrected chi connectivity index (χ1v) is 12.5. The Morgan fingerprint density at radius 2 is 2.00 bits per heavy atom. The highest BCUT2D eigenvalue weighted by Gasteiger charge is 2.32. The van der Waals surface area contributed by atoms with Crippen molar-refractivity contribution in [3.05, 3.63) is 62.8 Å². The first-order valence-electron chi connectivity index (χ1n) is 10.6. The average Bonchev–Trinajstić information content (AvgIpc) is 2.74. The maximum absolute atomic E-state index is 13.2. The summed E-state index contributed by atoms with van der Waals surface area (Å²) in [6, 6.07) is 7.60. The number of carbonyl (C=O) groups excluding carboxylic acids is 1. The molecule has 8 nitrogen and oxygen atoms in total. The Balaban J connectivity index is 1.60. The number of benzene rings is 1. The summed E-state index contributed by atoms with van der Waals surface area (Å²) in [5, 5.41) is 0. The van der Waals surface area contributed by atoms with Gasteiger partial charge in [-0.15, -0.1) is 0 Å². The Kier molecular flexibility index (Phi) is 5.98. The Hall–Kier alpha value is -2.52. The molecule has 0 bridgehead atoms. The lowest BCUT2D eigenvalue weighted by molar-refractivity contribution is -0.134. The minimum atomic E-state index is -3.37. The van der Waals surface area contributed by atoms with Crippen LogP contribution >= 0.6 is 0 Å². The van der Waals surface area contributed by atoms with Crippen LogP contribution in [0.3, 0.4) is 0 Å². The molecular weight excluding hydrogens is 416 g/mol. The first-order chi connectivity index (χ1) is 14.7. The van der Waals surface area contributed by atoms with Gasteiger partial charge in [0.2, 0.25) is 15.9 Å². The van der Waals surface area contributed by atoms with Gasteiger partial charge in [0.15, 0.2) is 0 Å². The van der Waals surface area contributed by atoms with Gasteiger partial charge in [-0.05, 0) is 37.3 Å². The van der Waals surface area contributed by atoms with Crippen LogP contribution in [-0.4, -0.2) is 52.8 Å². The molecule has 1 fully saturated rings.